The van der Waals surface area contributed by atoms with E-state index in [4.69, 9.17) is 5.73 Å². The highest BCUT2D eigenvalue weighted by Gasteiger charge is 2.07. The Morgan fingerprint density at radius 1 is 1.29 bits per heavy atom. The molecule has 17 heavy (non-hydrogen) atoms. The average molecular weight is 238 g/mol. The van der Waals surface area contributed by atoms with E-state index in [9.17, 15) is 13.6 Å². The number of rotatable bonds is 3. The van der Waals surface area contributed by atoms with Gasteiger partial charge in [-0.2, -0.15) is 0 Å². The highest BCUT2D eigenvalue weighted by Crippen LogP contribution is 2.09. The summed E-state index contributed by atoms with van der Waals surface area (Å²) in [6.07, 6.45) is 1.27. The van der Waals surface area contributed by atoms with Crippen molar-refractivity contribution in [3.8, 4) is 0 Å². The van der Waals surface area contributed by atoms with Gasteiger partial charge in [0.2, 0.25) is 5.82 Å². The van der Waals surface area contributed by atoms with E-state index in [0.29, 0.717) is 5.56 Å². The predicted octanol–water partition coefficient (Wildman–Crippen LogP) is 0.703. The van der Waals surface area contributed by atoms with E-state index >= 15 is 0 Å². The number of hydrogen-bond acceptors (Lipinski definition) is 3. The Bertz CT molecular complexity index is 547. The number of halogens is 2. The number of nitrogens with zero attached hydrogens (tertiary/aromatic N) is 3. The molecule has 0 bridgehead atoms. The molecule has 88 valence electrons. The van der Waals surface area contributed by atoms with Crippen molar-refractivity contribution in [1.29, 1.82) is 0 Å². The van der Waals surface area contributed by atoms with Crippen LogP contribution in [0.15, 0.2) is 24.5 Å². The molecule has 0 atom stereocenters. The molecule has 1 aromatic carbocycles. The maximum Gasteiger partial charge on any atom is 0.288 e. The molecule has 0 saturated heterocycles. The van der Waals surface area contributed by atoms with Crippen LogP contribution < -0.4 is 5.73 Å². The molecule has 0 saturated carbocycles. The Morgan fingerprint density at radius 3 is 2.47 bits per heavy atom. The summed E-state index contributed by atoms with van der Waals surface area (Å²) >= 11 is 0. The van der Waals surface area contributed by atoms with Crippen LogP contribution in [-0.4, -0.2) is 20.7 Å². The van der Waals surface area contributed by atoms with Crippen LogP contribution in [0.5, 0.6) is 0 Å². The largest absolute Gasteiger partial charge is 0.363 e. The second kappa shape index (κ2) is 4.28. The van der Waals surface area contributed by atoms with E-state index in [1.165, 1.54) is 23.1 Å². The quantitative estimate of drug-likeness (QED) is 0.855. The second-order valence-corrected chi connectivity index (χ2v) is 3.41. The highest BCUT2D eigenvalue weighted by molar-refractivity contribution is 5.88. The monoisotopic (exact) mass is 238 g/mol. The third kappa shape index (κ3) is 2.63. The first kappa shape index (κ1) is 11.2. The summed E-state index contributed by atoms with van der Waals surface area (Å²) in [7, 11) is 0. The summed E-state index contributed by atoms with van der Waals surface area (Å²) in [5.41, 5.74) is 5.35. The Labute approximate surface area is 94.9 Å². The third-order valence-corrected chi connectivity index (χ3v) is 2.02. The Hall–Kier alpha value is -2.31. The first-order valence-corrected chi connectivity index (χ1v) is 4.69. The molecule has 0 radical (unpaired) electrons. The molecule has 0 aliphatic heterocycles. The number of aromatic nitrogens is 3. The minimum Gasteiger partial charge on any atom is -0.363 e. The molecule has 1 heterocycles. The maximum absolute atomic E-state index is 12.9. The SMILES string of the molecule is NC(=O)c1ncn(Cc2cc(F)cc(F)c2)n1. The first-order valence-electron chi connectivity index (χ1n) is 4.69. The number of hydrogen-bond donors (Lipinski definition) is 1. The standard InChI is InChI=1S/C10H8F2N4O/c11-7-1-6(2-8(12)3-7)4-16-5-14-10(15-16)9(13)17/h1-3,5H,4H2,(H2,13,17). The summed E-state index contributed by atoms with van der Waals surface area (Å²) in [4.78, 5) is 14.4. The van der Waals surface area contributed by atoms with Gasteiger partial charge in [-0.3, -0.25) is 4.79 Å². The number of nitrogens with two attached hydrogens (primary N) is 1. The van der Waals surface area contributed by atoms with Gasteiger partial charge in [-0.25, -0.2) is 18.4 Å². The molecule has 2 rings (SSSR count). The average Bonchev–Trinajstić information content (AvgIpc) is 2.64. The number of carbonyl (C=O) groups excluding carboxylic acids is 1. The lowest BCUT2D eigenvalue weighted by molar-refractivity contribution is 0.0990. The Kier molecular flexibility index (Phi) is 2.82. The molecule has 0 aliphatic carbocycles. The molecule has 0 spiro atoms. The van der Waals surface area contributed by atoms with Gasteiger partial charge in [0.15, 0.2) is 0 Å². The van der Waals surface area contributed by atoms with Gasteiger partial charge < -0.3 is 5.73 Å². The maximum atomic E-state index is 12.9. The van der Waals surface area contributed by atoms with Crippen LogP contribution in [-0.2, 0) is 6.54 Å². The van der Waals surface area contributed by atoms with Gasteiger partial charge in [0, 0.05) is 6.07 Å². The van der Waals surface area contributed by atoms with Crippen molar-refractivity contribution >= 4 is 5.91 Å². The summed E-state index contributed by atoms with van der Waals surface area (Å²) in [6, 6.07) is 3.13. The van der Waals surface area contributed by atoms with Gasteiger partial charge in [0.25, 0.3) is 5.91 Å². The Morgan fingerprint density at radius 2 is 1.94 bits per heavy atom. The molecule has 5 nitrogen and oxygen atoms in total. The predicted molar refractivity (Wildman–Crippen MR) is 54.0 cm³/mol. The van der Waals surface area contributed by atoms with Crippen LogP contribution >= 0.6 is 0 Å². The van der Waals surface area contributed by atoms with Gasteiger partial charge in [0.1, 0.15) is 18.0 Å². The zero-order valence-corrected chi connectivity index (χ0v) is 8.60. The van der Waals surface area contributed by atoms with Crippen molar-refractivity contribution in [2.75, 3.05) is 0 Å². The smallest absolute Gasteiger partial charge is 0.288 e. The van der Waals surface area contributed by atoms with E-state index in [1.54, 1.807) is 0 Å². The number of primary amides is 1. The number of amides is 1. The number of carbonyl (C=O) groups is 1. The normalized spacial score (nSPS) is 10.5. The third-order valence-electron chi connectivity index (χ3n) is 2.02. The Balaban J connectivity index is 2.22. The molecule has 2 aromatic rings. The van der Waals surface area contributed by atoms with Crippen LogP contribution in [0, 0.1) is 11.6 Å². The summed E-state index contributed by atoms with van der Waals surface area (Å²) in [5.74, 6) is -2.23. The van der Waals surface area contributed by atoms with Crippen molar-refractivity contribution in [3.05, 3.63) is 47.5 Å². The van der Waals surface area contributed by atoms with E-state index in [1.807, 2.05) is 0 Å². The number of benzene rings is 1. The lowest BCUT2D eigenvalue weighted by Gasteiger charge is -2.01. The summed E-state index contributed by atoms with van der Waals surface area (Å²) < 4.78 is 27.1. The molecule has 7 heteroatoms. The second-order valence-electron chi connectivity index (χ2n) is 3.41. The lowest BCUT2D eigenvalue weighted by atomic mass is 10.2. The van der Waals surface area contributed by atoms with Gasteiger partial charge in [-0.1, -0.05) is 0 Å². The van der Waals surface area contributed by atoms with E-state index in [-0.39, 0.29) is 12.4 Å². The highest BCUT2D eigenvalue weighted by atomic mass is 19.1. The zero-order valence-electron chi connectivity index (χ0n) is 8.60. The molecule has 2 N–H and O–H groups in total. The van der Waals surface area contributed by atoms with Gasteiger partial charge in [0.05, 0.1) is 6.54 Å². The van der Waals surface area contributed by atoms with Crippen LogP contribution in [0.2, 0.25) is 0 Å². The molecule has 0 unspecified atom stereocenters. The minimum absolute atomic E-state index is 0.106. The summed E-state index contributed by atoms with van der Waals surface area (Å²) in [6.45, 7) is 0.106. The molecular weight excluding hydrogens is 230 g/mol. The van der Waals surface area contributed by atoms with E-state index < -0.39 is 17.5 Å². The van der Waals surface area contributed by atoms with E-state index in [0.717, 1.165) is 6.07 Å². The van der Waals surface area contributed by atoms with Crippen molar-refractivity contribution in [2.45, 2.75) is 6.54 Å². The lowest BCUT2D eigenvalue weighted by Crippen LogP contribution is -2.14. The fraction of sp³-hybridized carbons (Fsp3) is 0.100. The topological polar surface area (TPSA) is 73.8 Å². The van der Waals surface area contributed by atoms with E-state index in [2.05, 4.69) is 10.1 Å². The van der Waals surface area contributed by atoms with Gasteiger partial charge in [-0.15, -0.1) is 5.10 Å². The minimum atomic E-state index is -0.755. The van der Waals surface area contributed by atoms with Crippen LogP contribution in [0.25, 0.3) is 0 Å². The molecule has 1 amide bonds. The molecule has 1 aromatic heterocycles. The first-order chi connectivity index (χ1) is 8.04. The zero-order chi connectivity index (χ0) is 12.4. The molecule has 0 fully saturated rings. The molecular formula is C10H8F2N4O. The van der Waals surface area contributed by atoms with Crippen molar-refractivity contribution in [3.63, 3.8) is 0 Å². The molecule has 0 aliphatic rings. The van der Waals surface area contributed by atoms with Gasteiger partial charge in [-0.05, 0) is 17.7 Å². The summed E-state index contributed by atoms with van der Waals surface area (Å²) in [5, 5.41) is 3.75. The van der Waals surface area contributed by atoms with Crippen molar-refractivity contribution < 1.29 is 13.6 Å². The fourth-order valence-corrected chi connectivity index (χ4v) is 1.37. The van der Waals surface area contributed by atoms with Crippen LogP contribution in [0.3, 0.4) is 0 Å². The fourth-order valence-electron chi connectivity index (χ4n) is 1.37. The van der Waals surface area contributed by atoms with Crippen molar-refractivity contribution in [2.24, 2.45) is 5.73 Å². The van der Waals surface area contributed by atoms with Crippen LogP contribution in [0.4, 0.5) is 8.78 Å². The van der Waals surface area contributed by atoms with Gasteiger partial charge >= 0.3 is 0 Å². The van der Waals surface area contributed by atoms with Crippen LogP contribution in [0.1, 0.15) is 16.2 Å². The van der Waals surface area contributed by atoms with Crippen molar-refractivity contribution in [1.82, 2.24) is 14.8 Å².